The largest absolute Gasteiger partial charge is 0.460 e. The number of hydrogen-bond acceptors (Lipinski definition) is 2. The van der Waals surface area contributed by atoms with Crippen LogP contribution in [0.5, 0.6) is 0 Å². The van der Waals surface area contributed by atoms with Gasteiger partial charge in [0.2, 0.25) is 5.78 Å². The van der Waals surface area contributed by atoms with E-state index in [0.717, 1.165) is 35.7 Å². The predicted octanol–water partition coefficient (Wildman–Crippen LogP) is 4.74. The van der Waals surface area contributed by atoms with Gasteiger partial charge in [-0.25, -0.2) is 0 Å². The summed E-state index contributed by atoms with van der Waals surface area (Å²) in [4.78, 5) is 12.9. The van der Waals surface area contributed by atoms with E-state index in [1.54, 1.807) is 12.3 Å². The summed E-state index contributed by atoms with van der Waals surface area (Å²) in [6.07, 6.45) is 5.56. The Morgan fingerprint density at radius 2 is 1.79 bits per heavy atom. The van der Waals surface area contributed by atoms with Gasteiger partial charge in [-0.1, -0.05) is 43.2 Å². The molecule has 0 atom stereocenters. The fraction of sp³-hybridized carbons (Fsp3) is 0.312. The summed E-state index contributed by atoms with van der Waals surface area (Å²) in [5.41, 5.74) is 0.711. The van der Waals surface area contributed by atoms with Gasteiger partial charge in [0.15, 0.2) is 5.76 Å². The number of benzene rings is 1. The fourth-order valence-electron chi connectivity index (χ4n) is 3.06. The Kier molecular flexibility index (Phi) is 3.31. The van der Waals surface area contributed by atoms with Crippen molar-refractivity contribution in [2.24, 2.45) is 0 Å². The molecule has 0 spiro atoms. The summed E-state index contributed by atoms with van der Waals surface area (Å²) >= 11 is 3.40. The molecule has 2 nitrogen and oxygen atoms in total. The quantitative estimate of drug-likeness (QED) is 0.765. The van der Waals surface area contributed by atoms with Crippen LogP contribution in [0.25, 0.3) is 0 Å². The van der Waals surface area contributed by atoms with Crippen molar-refractivity contribution in [3.63, 3.8) is 0 Å². The smallest absolute Gasteiger partial charge is 0.209 e. The van der Waals surface area contributed by atoms with E-state index in [-0.39, 0.29) is 5.78 Å². The molecule has 98 valence electrons. The number of carbonyl (C=O) groups is 1. The number of rotatable bonds is 3. The maximum Gasteiger partial charge on any atom is 0.209 e. The zero-order valence-corrected chi connectivity index (χ0v) is 12.2. The van der Waals surface area contributed by atoms with Crippen LogP contribution in [-0.4, -0.2) is 5.78 Å². The lowest BCUT2D eigenvalue weighted by Crippen LogP contribution is -2.33. The zero-order chi connectivity index (χ0) is 13.3. The molecule has 3 rings (SSSR count). The van der Waals surface area contributed by atoms with Crippen molar-refractivity contribution in [2.45, 2.75) is 31.1 Å². The second-order valence-corrected chi connectivity index (χ2v) is 5.94. The number of halogens is 1. The molecule has 3 heteroatoms. The van der Waals surface area contributed by atoms with Crippen LogP contribution in [0, 0.1) is 0 Å². The Labute approximate surface area is 120 Å². The van der Waals surface area contributed by atoms with E-state index < -0.39 is 5.41 Å². The predicted molar refractivity (Wildman–Crippen MR) is 77.3 cm³/mol. The first-order valence-electron chi connectivity index (χ1n) is 6.57. The number of hydrogen-bond donors (Lipinski definition) is 0. The minimum atomic E-state index is -0.401. The minimum absolute atomic E-state index is 0.105. The molecule has 0 N–H and O–H groups in total. The third kappa shape index (κ3) is 2.06. The van der Waals surface area contributed by atoms with Crippen LogP contribution in [0.1, 0.15) is 41.8 Å². The number of Topliss-reactive ketones (excluding diaryl/α,β-unsaturated/α-hetero) is 1. The Bertz CT molecular complexity index is 580. The third-order valence-electron chi connectivity index (χ3n) is 4.04. The molecule has 0 unspecified atom stereocenters. The SMILES string of the molecule is O=C(c1occc1Br)C1(c2ccccc2)CCCC1. The lowest BCUT2D eigenvalue weighted by molar-refractivity contribution is 0.0855. The molecular weight excluding hydrogens is 304 g/mol. The highest BCUT2D eigenvalue weighted by Gasteiger charge is 2.44. The number of carbonyl (C=O) groups excluding carboxylic acids is 1. The highest BCUT2D eigenvalue weighted by molar-refractivity contribution is 9.10. The Morgan fingerprint density at radius 1 is 1.11 bits per heavy atom. The van der Waals surface area contributed by atoms with E-state index >= 15 is 0 Å². The molecule has 1 aliphatic rings. The lowest BCUT2D eigenvalue weighted by atomic mass is 9.74. The van der Waals surface area contributed by atoms with Crippen LogP contribution in [0.15, 0.2) is 51.6 Å². The van der Waals surface area contributed by atoms with Crippen molar-refractivity contribution >= 4 is 21.7 Å². The van der Waals surface area contributed by atoms with Gasteiger partial charge in [0.05, 0.1) is 16.2 Å². The van der Waals surface area contributed by atoms with Crippen molar-refractivity contribution in [3.05, 3.63) is 58.5 Å². The summed E-state index contributed by atoms with van der Waals surface area (Å²) in [7, 11) is 0. The van der Waals surface area contributed by atoms with Gasteiger partial charge in [0, 0.05) is 0 Å². The third-order valence-corrected chi connectivity index (χ3v) is 4.67. The molecule has 0 aliphatic heterocycles. The van der Waals surface area contributed by atoms with Crippen molar-refractivity contribution in [1.82, 2.24) is 0 Å². The molecule has 1 aliphatic carbocycles. The maximum absolute atomic E-state index is 12.9. The molecule has 1 aromatic carbocycles. The van der Waals surface area contributed by atoms with Gasteiger partial charge in [-0.2, -0.15) is 0 Å². The molecule has 2 aromatic rings. The van der Waals surface area contributed by atoms with Crippen LogP contribution in [-0.2, 0) is 5.41 Å². The molecule has 1 saturated carbocycles. The Balaban J connectivity index is 2.07. The van der Waals surface area contributed by atoms with Gasteiger partial charge in [-0.15, -0.1) is 0 Å². The Hall–Kier alpha value is -1.35. The lowest BCUT2D eigenvalue weighted by Gasteiger charge is -2.27. The van der Waals surface area contributed by atoms with Crippen LogP contribution >= 0.6 is 15.9 Å². The van der Waals surface area contributed by atoms with E-state index in [1.165, 1.54) is 0 Å². The second kappa shape index (κ2) is 4.97. The van der Waals surface area contributed by atoms with Crippen molar-refractivity contribution in [1.29, 1.82) is 0 Å². The average Bonchev–Trinajstić information content (AvgIpc) is 3.08. The summed E-state index contributed by atoms with van der Waals surface area (Å²) in [5, 5.41) is 0. The van der Waals surface area contributed by atoms with Gasteiger partial charge >= 0.3 is 0 Å². The van der Waals surface area contributed by atoms with E-state index in [1.807, 2.05) is 18.2 Å². The van der Waals surface area contributed by atoms with Crippen molar-refractivity contribution in [3.8, 4) is 0 Å². The molecule has 0 saturated heterocycles. The first-order valence-corrected chi connectivity index (χ1v) is 7.37. The normalized spacial score (nSPS) is 17.5. The molecule has 0 bridgehead atoms. The number of ketones is 1. The molecule has 0 amide bonds. The van der Waals surface area contributed by atoms with Crippen molar-refractivity contribution < 1.29 is 9.21 Å². The monoisotopic (exact) mass is 318 g/mol. The molecule has 1 fully saturated rings. The minimum Gasteiger partial charge on any atom is -0.460 e. The molecule has 1 heterocycles. The summed E-state index contributed by atoms with van der Waals surface area (Å²) in [6.45, 7) is 0. The topological polar surface area (TPSA) is 30.2 Å². The van der Waals surface area contributed by atoms with Crippen LogP contribution < -0.4 is 0 Å². The van der Waals surface area contributed by atoms with E-state index in [9.17, 15) is 4.79 Å². The van der Waals surface area contributed by atoms with Gasteiger partial charge in [0.1, 0.15) is 0 Å². The Morgan fingerprint density at radius 3 is 2.37 bits per heavy atom. The summed E-state index contributed by atoms with van der Waals surface area (Å²) in [5.74, 6) is 0.554. The highest BCUT2D eigenvalue weighted by atomic mass is 79.9. The van der Waals surface area contributed by atoms with Gasteiger partial charge < -0.3 is 4.42 Å². The first-order chi connectivity index (χ1) is 9.24. The van der Waals surface area contributed by atoms with Crippen molar-refractivity contribution in [2.75, 3.05) is 0 Å². The molecule has 0 radical (unpaired) electrons. The maximum atomic E-state index is 12.9. The van der Waals surface area contributed by atoms with E-state index in [4.69, 9.17) is 4.42 Å². The van der Waals surface area contributed by atoms with Crippen LogP contribution in [0.3, 0.4) is 0 Å². The van der Waals surface area contributed by atoms with E-state index in [0.29, 0.717) is 5.76 Å². The standard InChI is InChI=1S/C16H15BrO2/c17-13-8-11-19-14(13)15(18)16(9-4-5-10-16)12-6-2-1-3-7-12/h1-3,6-8,11H,4-5,9-10H2. The average molecular weight is 319 g/mol. The molecule has 19 heavy (non-hydrogen) atoms. The fourth-order valence-corrected chi connectivity index (χ4v) is 3.44. The number of furan rings is 1. The molecule has 1 aromatic heterocycles. The second-order valence-electron chi connectivity index (χ2n) is 5.08. The summed E-state index contributed by atoms with van der Waals surface area (Å²) in [6, 6.07) is 11.9. The van der Waals surface area contributed by atoms with Gasteiger partial charge in [0.25, 0.3) is 0 Å². The van der Waals surface area contributed by atoms with Gasteiger partial charge in [-0.05, 0) is 40.4 Å². The first kappa shape index (κ1) is 12.7. The van der Waals surface area contributed by atoms with Gasteiger partial charge in [-0.3, -0.25) is 4.79 Å². The highest BCUT2D eigenvalue weighted by Crippen LogP contribution is 2.44. The summed E-state index contributed by atoms with van der Waals surface area (Å²) < 4.78 is 6.14. The zero-order valence-electron chi connectivity index (χ0n) is 10.6. The van der Waals surface area contributed by atoms with E-state index in [2.05, 4.69) is 28.1 Å². The van der Waals surface area contributed by atoms with Crippen LogP contribution in [0.4, 0.5) is 0 Å². The van der Waals surface area contributed by atoms with Crippen LogP contribution in [0.2, 0.25) is 0 Å². The molecular formula is C16H15BrO2.